The molecular weight excluding hydrogens is 323 g/mol. The Morgan fingerprint density at radius 2 is 2.08 bits per heavy atom. The van der Waals surface area contributed by atoms with Gasteiger partial charge in [-0.15, -0.1) is 0 Å². The number of hydrogen-bond acceptors (Lipinski definition) is 4. The van der Waals surface area contributed by atoms with E-state index in [0.29, 0.717) is 31.4 Å². The first-order valence-corrected chi connectivity index (χ1v) is 8.25. The predicted molar refractivity (Wildman–Crippen MR) is 95.3 cm³/mol. The van der Waals surface area contributed by atoms with Crippen LogP contribution in [-0.2, 0) is 6.54 Å². The van der Waals surface area contributed by atoms with Crippen molar-refractivity contribution in [3.8, 4) is 5.75 Å². The minimum absolute atomic E-state index is 0.276. The summed E-state index contributed by atoms with van der Waals surface area (Å²) in [5.74, 6) is 2.19. The normalized spacial score (nSPS) is 11.7. The summed E-state index contributed by atoms with van der Waals surface area (Å²) in [4.78, 5) is 6.19. The highest BCUT2D eigenvalue weighted by atomic mass is 19.1. The highest BCUT2D eigenvalue weighted by molar-refractivity contribution is 5.79. The zero-order valence-electron chi connectivity index (χ0n) is 15.1. The number of hydrogen-bond donors (Lipinski definition) is 1. The molecule has 1 aromatic heterocycles. The largest absolute Gasteiger partial charge is 0.492 e. The van der Waals surface area contributed by atoms with Gasteiger partial charge in [-0.3, -0.25) is 4.99 Å². The third-order valence-electron chi connectivity index (χ3n) is 3.67. The molecule has 1 heterocycles. The standard InChI is InChI=1S/C18H25FN4O2/c1-13(2)17-11-16(25-22-17)12-21-18(20-3)23(4)9-10-24-15-7-5-14(19)6-8-15/h5-8,11,13H,9-10,12H2,1-4H3,(H,20,21). The Labute approximate surface area is 147 Å². The molecule has 0 amide bonds. The monoisotopic (exact) mass is 348 g/mol. The van der Waals surface area contributed by atoms with E-state index in [1.807, 2.05) is 18.0 Å². The number of aliphatic imine (C=N–C) groups is 1. The molecule has 0 spiro atoms. The van der Waals surface area contributed by atoms with Crippen LogP contribution in [0.15, 0.2) is 39.8 Å². The Hall–Kier alpha value is -2.57. The summed E-state index contributed by atoms with van der Waals surface area (Å²) in [5.41, 5.74) is 0.938. The number of guanidine groups is 1. The smallest absolute Gasteiger partial charge is 0.193 e. The van der Waals surface area contributed by atoms with Gasteiger partial charge in [0.15, 0.2) is 11.7 Å². The first-order valence-electron chi connectivity index (χ1n) is 8.25. The highest BCUT2D eigenvalue weighted by Gasteiger charge is 2.10. The number of nitrogens with one attached hydrogen (secondary N) is 1. The van der Waals surface area contributed by atoms with E-state index in [1.54, 1.807) is 19.2 Å². The molecule has 0 radical (unpaired) electrons. The fourth-order valence-electron chi connectivity index (χ4n) is 2.17. The van der Waals surface area contributed by atoms with Gasteiger partial charge in [0, 0.05) is 20.2 Å². The number of benzene rings is 1. The van der Waals surface area contributed by atoms with Crippen molar-refractivity contribution in [2.24, 2.45) is 4.99 Å². The Balaban J connectivity index is 1.77. The number of aromatic nitrogens is 1. The van der Waals surface area contributed by atoms with E-state index in [4.69, 9.17) is 9.26 Å². The lowest BCUT2D eigenvalue weighted by Gasteiger charge is -2.21. The van der Waals surface area contributed by atoms with E-state index < -0.39 is 0 Å². The fourth-order valence-corrected chi connectivity index (χ4v) is 2.17. The minimum atomic E-state index is -0.276. The van der Waals surface area contributed by atoms with E-state index in [-0.39, 0.29) is 5.82 Å². The molecule has 0 atom stereocenters. The molecule has 0 saturated carbocycles. The van der Waals surface area contributed by atoms with E-state index >= 15 is 0 Å². The zero-order chi connectivity index (χ0) is 18.2. The van der Waals surface area contributed by atoms with Crippen LogP contribution < -0.4 is 10.1 Å². The van der Waals surface area contributed by atoms with Gasteiger partial charge in [-0.1, -0.05) is 19.0 Å². The van der Waals surface area contributed by atoms with Gasteiger partial charge in [0.05, 0.1) is 18.8 Å². The molecule has 7 heteroatoms. The molecule has 1 aromatic carbocycles. The molecule has 2 rings (SSSR count). The van der Waals surface area contributed by atoms with E-state index in [0.717, 1.165) is 17.4 Å². The molecule has 2 aromatic rings. The molecule has 0 bridgehead atoms. The van der Waals surface area contributed by atoms with Crippen LogP contribution in [0, 0.1) is 5.82 Å². The van der Waals surface area contributed by atoms with E-state index in [1.165, 1.54) is 12.1 Å². The highest BCUT2D eigenvalue weighted by Crippen LogP contribution is 2.14. The van der Waals surface area contributed by atoms with Crippen LogP contribution in [0.25, 0.3) is 0 Å². The SMILES string of the molecule is CN=C(NCc1cc(C(C)C)no1)N(C)CCOc1ccc(F)cc1. The molecule has 136 valence electrons. The average Bonchev–Trinajstić information content (AvgIpc) is 3.06. The molecule has 0 fully saturated rings. The number of ether oxygens (including phenoxy) is 1. The summed E-state index contributed by atoms with van der Waals surface area (Å²) in [7, 11) is 3.64. The summed E-state index contributed by atoms with van der Waals surface area (Å²) < 4.78 is 23.8. The summed E-state index contributed by atoms with van der Waals surface area (Å²) in [6.07, 6.45) is 0. The molecule has 25 heavy (non-hydrogen) atoms. The van der Waals surface area contributed by atoms with Crippen LogP contribution >= 0.6 is 0 Å². The Morgan fingerprint density at radius 3 is 2.68 bits per heavy atom. The topological polar surface area (TPSA) is 62.9 Å². The molecule has 0 unspecified atom stereocenters. The average molecular weight is 348 g/mol. The zero-order valence-corrected chi connectivity index (χ0v) is 15.1. The Morgan fingerprint density at radius 1 is 1.36 bits per heavy atom. The van der Waals surface area contributed by atoms with Crippen molar-refractivity contribution in [2.45, 2.75) is 26.3 Å². The molecule has 6 nitrogen and oxygen atoms in total. The second kappa shape index (κ2) is 9.05. The van der Waals surface area contributed by atoms with Gasteiger partial charge in [-0.05, 0) is 30.2 Å². The Kier molecular flexibility index (Phi) is 6.80. The van der Waals surface area contributed by atoms with Crippen molar-refractivity contribution in [1.29, 1.82) is 0 Å². The van der Waals surface area contributed by atoms with Gasteiger partial charge in [-0.25, -0.2) is 4.39 Å². The van der Waals surface area contributed by atoms with Gasteiger partial charge < -0.3 is 19.5 Å². The van der Waals surface area contributed by atoms with Crippen LogP contribution in [0.4, 0.5) is 4.39 Å². The van der Waals surface area contributed by atoms with Crippen molar-refractivity contribution < 1.29 is 13.7 Å². The molecule has 1 N–H and O–H groups in total. The van der Waals surface area contributed by atoms with Gasteiger partial charge in [0.1, 0.15) is 18.2 Å². The fraction of sp³-hybridized carbons (Fsp3) is 0.444. The summed E-state index contributed by atoms with van der Waals surface area (Å²) in [6, 6.07) is 7.92. The van der Waals surface area contributed by atoms with Crippen LogP contribution in [0.5, 0.6) is 5.75 Å². The van der Waals surface area contributed by atoms with Crippen molar-refractivity contribution >= 4 is 5.96 Å². The van der Waals surface area contributed by atoms with E-state index in [2.05, 4.69) is 29.3 Å². The minimum Gasteiger partial charge on any atom is -0.492 e. The number of likely N-dealkylation sites (N-methyl/N-ethyl adjacent to an activating group) is 1. The second-order valence-corrected chi connectivity index (χ2v) is 6.00. The van der Waals surface area contributed by atoms with Crippen molar-refractivity contribution in [3.05, 3.63) is 47.6 Å². The maximum Gasteiger partial charge on any atom is 0.193 e. The summed E-state index contributed by atoms with van der Waals surface area (Å²) in [6.45, 7) is 5.74. The van der Waals surface area contributed by atoms with Crippen molar-refractivity contribution in [3.63, 3.8) is 0 Å². The Bertz CT molecular complexity index is 683. The maximum absolute atomic E-state index is 12.9. The summed E-state index contributed by atoms with van der Waals surface area (Å²) in [5, 5.41) is 7.27. The van der Waals surface area contributed by atoms with Gasteiger partial charge in [0.25, 0.3) is 0 Å². The first kappa shape index (κ1) is 18.8. The summed E-state index contributed by atoms with van der Waals surface area (Å²) >= 11 is 0. The molecule has 0 saturated heterocycles. The lowest BCUT2D eigenvalue weighted by Crippen LogP contribution is -2.40. The lowest BCUT2D eigenvalue weighted by atomic mass is 10.1. The van der Waals surface area contributed by atoms with Gasteiger partial charge in [0.2, 0.25) is 0 Å². The second-order valence-electron chi connectivity index (χ2n) is 6.00. The first-order chi connectivity index (χ1) is 12.0. The van der Waals surface area contributed by atoms with Crippen LogP contribution in [0.1, 0.15) is 31.2 Å². The molecule has 0 aliphatic heterocycles. The molecule has 0 aliphatic rings. The maximum atomic E-state index is 12.9. The van der Waals surface area contributed by atoms with E-state index in [9.17, 15) is 4.39 Å². The van der Waals surface area contributed by atoms with Crippen LogP contribution in [-0.4, -0.2) is 43.3 Å². The predicted octanol–water partition coefficient (Wildman–Crippen LogP) is 3.02. The lowest BCUT2D eigenvalue weighted by molar-refractivity contribution is 0.280. The number of nitrogens with zero attached hydrogens (tertiary/aromatic N) is 3. The number of rotatable bonds is 7. The van der Waals surface area contributed by atoms with Crippen LogP contribution in [0.3, 0.4) is 0 Å². The molecular formula is C18H25FN4O2. The molecule has 0 aliphatic carbocycles. The van der Waals surface area contributed by atoms with Crippen LogP contribution in [0.2, 0.25) is 0 Å². The van der Waals surface area contributed by atoms with Crippen molar-refractivity contribution in [2.75, 3.05) is 27.2 Å². The van der Waals surface area contributed by atoms with Gasteiger partial charge in [-0.2, -0.15) is 0 Å². The number of halogens is 1. The van der Waals surface area contributed by atoms with Gasteiger partial charge >= 0.3 is 0 Å². The third kappa shape index (κ3) is 5.77. The third-order valence-corrected chi connectivity index (χ3v) is 3.67. The van der Waals surface area contributed by atoms with Crippen molar-refractivity contribution in [1.82, 2.24) is 15.4 Å². The quantitative estimate of drug-likeness (QED) is 0.615.